The van der Waals surface area contributed by atoms with Crippen LogP contribution in [0.5, 0.6) is 17.2 Å². The first kappa shape index (κ1) is 22.6. The summed E-state index contributed by atoms with van der Waals surface area (Å²) in [5.41, 5.74) is 8.64. The number of nitro groups is 1. The normalized spacial score (nSPS) is 13.5. The smallest absolute Gasteiger partial charge is 0.299 e. The quantitative estimate of drug-likeness (QED) is 0.214. The monoisotopic (exact) mass is 431 g/mol. The summed E-state index contributed by atoms with van der Waals surface area (Å²) in [6.07, 6.45) is 2.26. The molecule has 2 aromatic rings. The second kappa shape index (κ2) is 10.3. The number of methoxy groups -OCH3 is 2. The third-order valence-corrected chi connectivity index (χ3v) is 5.40. The van der Waals surface area contributed by atoms with Crippen molar-refractivity contribution < 1.29 is 24.2 Å². The predicted molar refractivity (Wildman–Crippen MR) is 117 cm³/mol. The maximum absolute atomic E-state index is 11.4. The minimum atomic E-state index is -0.780. The van der Waals surface area contributed by atoms with Crippen molar-refractivity contribution in [1.82, 2.24) is 5.32 Å². The number of nitrogen functional groups attached to an aromatic ring is 1. The molecule has 0 fully saturated rings. The van der Waals surface area contributed by atoms with E-state index < -0.39 is 11.0 Å². The lowest BCUT2D eigenvalue weighted by atomic mass is 10.1. The average Bonchev–Trinajstić information content (AvgIpc) is 3.22. The van der Waals surface area contributed by atoms with Crippen LogP contribution in [0.4, 0.5) is 11.4 Å². The highest BCUT2D eigenvalue weighted by Gasteiger charge is 2.28. The molecule has 1 atom stereocenters. The number of hydrogen-bond acceptors (Lipinski definition) is 8. The molecule has 3 rings (SSSR count). The first-order valence-electron chi connectivity index (χ1n) is 10.3. The summed E-state index contributed by atoms with van der Waals surface area (Å²) in [6, 6.07) is 7.51. The van der Waals surface area contributed by atoms with Crippen LogP contribution in [-0.4, -0.2) is 50.0 Å². The number of anilines is 1. The van der Waals surface area contributed by atoms with Gasteiger partial charge in [0, 0.05) is 12.1 Å². The molecule has 4 N–H and O–H groups in total. The molecule has 0 saturated carbocycles. The number of ether oxygens (including phenoxy) is 3. The number of nitrogens with one attached hydrogen (secondary N) is 1. The van der Waals surface area contributed by atoms with Gasteiger partial charge in [-0.3, -0.25) is 10.1 Å². The molecule has 9 heteroatoms. The molecule has 0 aromatic heterocycles. The fourth-order valence-corrected chi connectivity index (χ4v) is 3.82. The second-order valence-corrected chi connectivity index (χ2v) is 7.49. The first-order chi connectivity index (χ1) is 14.9. The highest BCUT2D eigenvalue weighted by molar-refractivity contribution is 5.73. The van der Waals surface area contributed by atoms with Crippen LogP contribution in [0.25, 0.3) is 0 Å². The fraction of sp³-hybridized carbons (Fsp3) is 0.455. The maximum Gasteiger partial charge on any atom is 0.299 e. The van der Waals surface area contributed by atoms with Crippen molar-refractivity contribution in [2.24, 2.45) is 0 Å². The molecule has 0 amide bonds. The van der Waals surface area contributed by atoms with E-state index in [2.05, 4.69) is 5.32 Å². The number of hydrogen-bond donors (Lipinski definition) is 3. The Labute approximate surface area is 181 Å². The summed E-state index contributed by atoms with van der Waals surface area (Å²) < 4.78 is 16.2. The molecule has 1 aliphatic rings. The van der Waals surface area contributed by atoms with E-state index in [1.807, 2.05) is 18.2 Å². The number of nitrogens with zero attached hydrogens (tertiary/aromatic N) is 1. The number of rotatable bonds is 11. The molecule has 9 nitrogen and oxygen atoms in total. The van der Waals surface area contributed by atoms with E-state index in [-0.39, 0.29) is 23.7 Å². The van der Waals surface area contributed by atoms with Crippen molar-refractivity contribution in [3.8, 4) is 17.2 Å². The average molecular weight is 431 g/mol. The van der Waals surface area contributed by atoms with Gasteiger partial charge in [0.05, 0.1) is 19.1 Å². The molecule has 0 radical (unpaired) electrons. The molecule has 1 unspecified atom stereocenters. The maximum atomic E-state index is 11.4. The lowest BCUT2D eigenvalue weighted by molar-refractivity contribution is -0.384. The van der Waals surface area contributed by atoms with Gasteiger partial charge < -0.3 is 30.4 Å². The Balaban J connectivity index is 1.48. The summed E-state index contributed by atoms with van der Waals surface area (Å²) >= 11 is 0. The van der Waals surface area contributed by atoms with Crippen LogP contribution in [0, 0.1) is 10.1 Å². The van der Waals surface area contributed by atoms with Gasteiger partial charge in [-0.25, -0.2) is 0 Å². The van der Waals surface area contributed by atoms with Crippen molar-refractivity contribution in [3.63, 3.8) is 0 Å². The summed E-state index contributed by atoms with van der Waals surface area (Å²) in [7, 11) is 3.19. The molecular formula is C22H29N3O6. The standard InChI is InChI=1S/C22H29N3O6/c1-29-18-7-6-14(10-19(18)30-2)8-9-24-12-16(26)13-31-20-11-15-4-3-5-17(15)22(21(20)23)25(27)28/h6-7,10-11,16,24,26H,3-5,8-9,12-13,23H2,1-2H3. The van der Waals surface area contributed by atoms with Gasteiger partial charge in [0.2, 0.25) is 0 Å². The minimum absolute atomic E-state index is 0.0104. The van der Waals surface area contributed by atoms with Crippen molar-refractivity contribution in [2.45, 2.75) is 31.8 Å². The van der Waals surface area contributed by atoms with Gasteiger partial charge in [0.25, 0.3) is 5.69 Å². The molecule has 0 saturated heterocycles. The number of benzene rings is 2. The minimum Gasteiger partial charge on any atom is -0.493 e. The van der Waals surface area contributed by atoms with Crippen molar-refractivity contribution in [3.05, 3.63) is 51.1 Å². The Morgan fingerprint density at radius 2 is 1.97 bits per heavy atom. The van der Waals surface area contributed by atoms with Crippen LogP contribution in [-0.2, 0) is 19.3 Å². The van der Waals surface area contributed by atoms with Crippen LogP contribution in [0.15, 0.2) is 24.3 Å². The Morgan fingerprint density at radius 3 is 2.68 bits per heavy atom. The molecule has 0 aliphatic heterocycles. The van der Waals surface area contributed by atoms with Gasteiger partial charge in [-0.15, -0.1) is 0 Å². The fourth-order valence-electron chi connectivity index (χ4n) is 3.82. The van der Waals surface area contributed by atoms with Crippen LogP contribution < -0.4 is 25.3 Å². The van der Waals surface area contributed by atoms with E-state index in [4.69, 9.17) is 19.9 Å². The van der Waals surface area contributed by atoms with E-state index in [0.717, 1.165) is 30.4 Å². The predicted octanol–water partition coefficient (Wildman–Crippen LogP) is 2.25. The number of fused-ring (bicyclic) bond motifs is 1. The number of aliphatic hydroxyl groups excluding tert-OH is 1. The van der Waals surface area contributed by atoms with E-state index >= 15 is 0 Å². The summed E-state index contributed by atoms with van der Waals surface area (Å²) in [4.78, 5) is 11.0. The Hall–Kier alpha value is -3.04. The molecule has 0 spiro atoms. The molecule has 168 valence electrons. The van der Waals surface area contributed by atoms with Gasteiger partial charge >= 0.3 is 0 Å². The lowest BCUT2D eigenvalue weighted by Gasteiger charge is -2.16. The molecule has 0 bridgehead atoms. The molecule has 2 aromatic carbocycles. The molecule has 31 heavy (non-hydrogen) atoms. The molecule has 1 aliphatic carbocycles. The third kappa shape index (κ3) is 5.36. The Morgan fingerprint density at radius 1 is 1.19 bits per heavy atom. The largest absolute Gasteiger partial charge is 0.493 e. The van der Waals surface area contributed by atoms with E-state index in [1.54, 1.807) is 20.3 Å². The van der Waals surface area contributed by atoms with Gasteiger partial charge in [0.1, 0.15) is 18.5 Å². The SMILES string of the molecule is COc1ccc(CCNCC(O)COc2cc3c(c([N+](=O)[O-])c2N)CCC3)cc1OC. The summed E-state index contributed by atoms with van der Waals surface area (Å²) in [6.45, 7) is 0.961. The molecule has 0 heterocycles. The van der Waals surface area contributed by atoms with E-state index in [0.29, 0.717) is 36.6 Å². The zero-order valence-electron chi connectivity index (χ0n) is 17.8. The van der Waals surface area contributed by atoms with Crippen molar-refractivity contribution in [2.75, 3.05) is 39.6 Å². The topological polar surface area (TPSA) is 129 Å². The van der Waals surface area contributed by atoms with Gasteiger partial charge in [-0.05, 0) is 61.6 Å². The summed E-state index contributed by atoms with van der Waals surface area (Å²) in [5.74, 6) is 1.61. The van der Waals surface area contributed by atoms with Crippen LogP contribution >= 0.6 is 0 Å². The van der Waals surface area contributed by atoms with Crippen molar-refractivity contribution in [1.29, 1.82) is 0 Å². The number of nitro benzene ring substituents is 1. The third-order valence-electron chi connectivity index (χ3n) is 5.40. The number of aliphatic hydroxyl groups is 1. The number of nitrogens with two attached hydrogens (primary N) is 1. The van der Waals surface area contributed by atoms with Crippen LogP contribution in [0.1, 0.15) is 23.1 Å². The summed E-state index contributed by atoms with van der Waals surface area (Å²) in [5, 5.41) is 24.8. The number of aryl methyl sites for hydroxylation is 1. The Bertz CT molecular complexity index is 934. The lowest BCUT2D eigenvalue weighted by Crippen LogP contribution is -2.32. The highest BCUT2D eigenvalue weighted by Crippen LogP contribution is 2.41. The first-order valence-corrected chi connectivity index (χ1v) is 10.3. The van der Waals surface area contributed by atoms with Gasteiger partial charge in [0.15, 0.2) is 17.2 Å². The highest BCUT2D eigenvalue weighted by atomic mass is 16.6. The van der Waals surface area contributed by atoms with E-state index in [9.17, 15) is 15.2 Å². The van der Waals surface area contributed by atoms with Crippen molar-refractivity contribution >= 4 is 11.4 Å². The molecular weight excluding hydrogens is 402 g/mol. The van der Waals surface area contributed by atoms with Crippen LogP contribution in [0.2, 0.25) is 0 Å². The zero-order chi connectivity index (χ0) is 22.4. The van der Waals surface area contributed by atoms with Gasteiger partial charge in [-0.1, -0.05) is 6.07 Å². The Kier molecular flexibility index (Phi) is 7.54. The second-order valence-electron chi connectivity index (χ2n) is 7.49. The van der Waals surface area contributed by atoms with Gasteiger partial charge in [-0.2, -0.15) is 0 Å². The van der Waals surface area contributed by atoms with Crippen LogP contribution in [0.3, 0.4) is 0 Å². The zero-order valence-corrected chi connectivity index (χ0v) is 17.8. The van der Waals surface area contributed by atoms with E-state index in [1.165, 1.54) is 0 Å².